The van der Waals surface area contributed by atoms with Crippen LogP contribution in [0, 0.1) is 13.8 Å². The van der Waals surface area contributed by atoms with Gasteiger partial charge in [0, 0.05) is 18.3 Å². The van der Waals surface area contributed by atoms with Crippen LogP contribution in [0.15, 0.2) is 60.9 Å². The Kier molecular flexibility index (Phi) is 5.59. The van der Waals surface area contributed by atoms with Crippen molar-refractivity contribution in [3.8, 4) is 0 Å². The molecule has 1 heterocycles. The number of carbonyl (C=O) groups is 1. The number of amides is 1. The third kappa shape index (κ3) is 4.89. The normalized spacial score (nSPS) is 10.4. The van der Waals surface area contributed by atoms with Gasteiger partial charge in [-0.3, -0.25) is 4.79 Å². The average molecular weight is 346 g/mol. The van der Waals surface area contributed by atoms with Crippen LogP contribution in [0.1, 0.15) is 27.2 Å². The fraction of sp³-hybridized carbons (Fsp3) is 0.190. The van der Waals surface area contributed by atoms with Gasteiger partial charge in [-0.05, 0) is 49.1 Å². The molecule has 0 atom stereocenters. The first-order valence-corrected chi connectivity index (χ1v) is 8.59. The largest absolute Gasteiger partial charge is 0.350 e. The summed E-state index contributed by atoms with van der Waals surface area (Å²) in [5.74, 6) is 0.394. The highest BCUT2D eigenvalue weighted by atomic mass is 16.1. The zero-order valence-electron chi connectivity index (χ0n) is 15.0. The molecule has 1 amide bonds. The molecule has 5 nitrogen and oxygen atoms in total. The van der Waals surface area contributed by atoms with Crippen molar-refractivity contribution in [2.75, 3.05) is 11.9 Å². The summed E-state index contributed by atoms with van der Waals surface area (Å²) in [7, 11) is 0. The van der Waals surface area contributed by atoms with E-state index in [0.717, 1.165) is 12.1 Å². The summed E-state index contributed by atoms with van der Waals surface area (Å²) in [6.07, 6.45) is 2.18. The van der Waals surface area contributed by atoms with Gasteiger partial charge in [-0.2, -0.15) is 0 Å². The minimum atomic E-state index is -0.202. The van der Waals surface area contributed by atoms with Crippen LogP contribution in [0.2, 0.25) is 0 Å². The Morgan fingerprint density at radius 2 is 1.69 bits per heavy atom. The molecule has 132 valence electrons. The van der Waals surface area contributed by atoms with Gasteiger partial charge in [0.15, 0.2) is 0 Å². The predicted octanol–water partition coefficient (Wildman–Crippen LogP) is 3.81. The summed E-state index contributed by atoms with van der Waals surface area (Å²) in [6, 6.07) is 17.9. The summed E-state index contributed by atoms with van der Waals surface area (Å²) in [5, 5.41) is 6.13. The molecule has 0 spiro atoms. The first-order valence-electron chi connectivity index (χ1n) is 8.59. The highest BCUT2D eigenvalue weighted by Crippen LogP contribution is 2.18. The van der Waals surface area contributed by atoms with E-state index in [-0.39, 0.29) is 5.91 Å². The van der Waals surface area contributed by atoms with Gasteiger partial charge in [-0.15, -0.1) is 0 Å². The minimum Gasteiger partial charge on any atom is -0.350 e. The quantitative estimate of drug-likeness (QED) is 0.712. The highest BCUT2D eigenvalue weighted by molar-refractivity contribution is 5.92. The number of rotatable bonds is 6. The molecule has 0 bridgehead atoms. The molecule has 0 unspecified atom stereocenters. The molecule has 0 radical (unpaired) electrons. The number of aromatic nitrogens is 2. The van der Waals surface area contributed by atoms with Gasteiger partial charge >= 0.3 is 0 Å². The first-order chi connectivity index (χ1) is 12.6. The summed E-state index contributed by atoms with van der Waals surface area (Å²) in [4.78, 5) is 20.6. The van der Waals surface area contributed by atoms with E-state index >= 15 is 0 Å². The van der Waals surface area contributed by atoms with Crippen molar-refractivity contribution < 1.29 is 4.79 Å². The van der Waals surface area contributed by atoms with E-state index in [4.69, 9.17) is 0 Å². The van der Waals surface area contributed by atoms with Crippen molar-refractivity contribution in [2.45, 2.75) is 20.3 Å². The molecule has 1 aromatic heterocycles. The van der Waals surface area contributed by atoms with E-state index in [1.807, 2.05) is 56.3 Å². The number of anilines is 2. The van der Waals surface area contributed by atoms with Gasteiger partial charge in [0.25, 0.3) is 5.91 Å². The molecule has 2 N–H and O–H groups in total. The molecular weight excluding hydrogens is 324 g/mol. The maximum Gasteiger partial charge on any atom is 0.270 e. The lowest BCUT2D eigenvalue weighted by atomic mass is 10.1. The Labute approximate surface area is 153 Å². The van der Waals surface area contributed by atoms with Crippen molar-refractivity contribution in [3.63, 3.8) is 0 Å². The molecule has 0 aliphatic rings. The molecule has 5 heteroatoms. The fourth-order valence-electron chi connectivity index (χ4n) is 2.80. The Morgan fingerprint density at radius 3 is 2.42 bits per heavy atom. The third-order valence-electron chi connectivity index (χ3n) is 3.94. The van der Waals surface area contributed by atoms with Crippen molar-refractivity contribution in [1.82, 2.24) is 15.3 Å². The molecule has 0 fully saturated rings. The lowest BCUT2D eigenvalue weighted by molar-refractivity contribution is 0.0949. The van der Waals surface area contributed by atoms with Crippen molar-refractivity contribution in [3.05, 3.63) is 83.3 Å². The maximum atomic E-state index is 12.3. The van der Waals surface area contributed by atoms with Crippen molar-refractivity contribution >= 4 is 17.4 Å². The molecule has 26 heavy (non-hydrogen) atoms. The summed E-state index contributed by atoms with van der Waals surface area (Å²) < 4.78 is 0. The fourth-order valence-corrected chi connectivity index (χ4v) is 2.80. The summed E-state index contributed by atoms with van der Waals surface area (Å²) >= 11 is 0. The van der Waals surface area contributed by atoms with Crippen LogP contribution in [0.5, 0.6) is 0 Å². The van der Waals surface area contributed by atoms with E-state index < -0.39 is 0 Å². The Balaban J connectivity index is 1.61. The molecule has 0 saturated carbocycles. The molecule has 0 saturated heterocycles. The van der Waals surface area contributed by atoms with E-state index in [2.05, 4.69) is 26.7 Å². The number of nitrogens with zero attached hydrogens (tertiary/aromatic N) is 2. The number of carbonyl (C=O) groups excluding carboxylic acids is 1. The van der Waals surface area contributed by atoms with Gasteiger partial charge in [-0.25, -0.2) is 9.97 Å². The lowest BCUT2D eigenvalue weighted by Gasteiger charge is -2.09. The van der Waals surface area contributed by atoms with Crippen molar-refractivity contribution in [1.29, 1.82) is 0 Å². The monoisotopic (exact) mass is 346 g/mol. The number of hydrogen-bond acceptors (Lipinski definition) is 4. The standard InChI is InChI=1S/C21H22N4O/c1-15-10-16(2)12-18(11-15)25-20-13-19(23-14-24-20)21(26)22-9-8-17-6-4-3-5-7-17/h3-7,10-14H,8-9H2,1-2H3,(H,22,26)(H,23,24,25). The second kappa shape index (κ2) is 8.25. The predicted molar refractivity (Wildman–Crippen MR) is 104 cm³/mol. The first kappa shape index (κ1) is 17.6. The molecule has 0 aliphatic carbocycles. The van der Waals surface area contributed by atoms with Crippen LogP contribution in [0.3, 0.4) is 0 Å². The van der Waals surface area contributed by atoms with Crippen molar-refractivity contribution in [2.24, 2.45) is 0 Å². The summed E-state index contributed by atoms with van der Waals surface area (Å²) in [5.41, 5.74) is 4.81. The Hall–Kier alpha value is -3.21. The second-order valence-corrected chi connectivity index (χ2v) is 6.28. The van der Waals surface area contributed by atoms with E-state index in [1.54, 1.807) is 6.07 Å². The van der Waals surface area contributed by atoms with Crippen LogP contribution in [0.4, 0.5) is 11.5 Å². The molecule has 0 aliphatic heterocycles. The van der Waals surface area contributed by atoms with Crippen LogP contribution >= 0.6 is 0 Å². The molecular formula is C21H22N4O. The third-order valence-corrected chi connectivity index (χ3v) is 3.94. The maximum absolute atomic E-state index is 12.3. The molecule has 2 aromatic carbocycles. The van der Waals surface area contributed by atoms with Gasteiger partial charge in [-0.1, -0.05) is 36.4 Å². The summed E-state index contributed by atoms with van der Waals surface area (Å²) in [6.45, 7) is 4.65. The highest BCUT2D eigenvalue weighted by Gasteiger charge is 2.09. The van der Waals surface area contributed by atoms with E-state index in [1.165, 1.54) is 23.0 Å². The number of hydrogen-bond donors (Lipinski definition) is 2. The van der Waals surface area contributed by atoms with Gasteiger partial charge in [0.05, 0.1) is 0 Å². The van der Waals surface area contributed by atoms with Crippen LogP contribution in [-0.2, 0) is 6.42 Å². The zero-order chi connectivity index (χ0) is 18.4. The number of benzene rings is 2. The van der Waals surface area contributed by atoms with E-state index in [0.29, 0.717) is 18.1 Å². The zero-order valence-corrected chi connectivity index (χ0v) is 15.0. The smallest absolute Gasteiger partial charge is 0.270 e. The average Bonchev–Trinajstić information content (AvgIpc) is 2.62. The van der Waals surface area contributed by atoms with Crippen LogP contribution in [-0.4, -0.2) is 22.4 Å². The minimum absolute atomic E-state index is 0.202. The Bertz CT molecular complexity index is 873. The molecule has 3 aromatic rings. The molecule has 3 rings (SSSR count). The van der Waals surface area contributed by atoms with Gasteiger partial charge in [0.1, 0.15) is 17.8 Å². The number of nitrogens with one attached hydrogen (secondary N) is 2. The number of aryl methyl sites for hydroxylation is 2. The lowest BCUT2D eigenvalue weighted by Crippen LogP contribution is -2.26. The van der Waals surface area contributed by atoms with E-state index in [9.17, 15) is 4.79 Å². The van der Waals surface area contributed by atoms with Crippen LogP contribution < -0.4 is 10.6 Å². The van der Waals surface area contributed by atoms with Gasteiger partial charge < -0.3 is 10.6 Å². The SMILES string of the molecule is Cc1cc(C)cc(Nc2cc(C(=O)NCCc3ccccc3)ncn2)c1. The Morgan fingerprint density at radius 1 is 0.962 bits per heavy atom. The van der Waals surface area contributed by atoms with Gasteiger partial charge in [0.2, 0.25) is 0 Å². The van der Waals surface area contributed by atoms with Crippen LogP contribution in [0.25, 0.3) is 0 Å². The topological polar surface area (TPSA) is 66.9 Å². The second-order valence-electron chi connectivity index (χ2n) is 6.28.